The van der Waals surface area contributed by atoms with Crippen molar-refractivity contribution in [3.8, 4) is 0 Å². The zero-order valence-electron chi connectivity index (χ0n) is 11.7. The third-order valence-corrected chi connectivity index (χ3v) is 6.38. The molecule has 0 amide bonds. The van der Waals surface area contributed by atoms with Crippen molar-refractivity contribution in [1.82, 2.24) is 10.0 Å². The molecule has 0 aliphatic carbocycles. The lowest BCUT2D eigenvalue weighted by atomic mass is 10.2. The largest absolute Gasteiger partial charge is 0.316 e. The third-order valence-electron chi connectivity index (χ3n) is 3.24. The highest BCUT2D eigenvalue weighted by Gasteiger charge is 2.24. The van der Waals surface area contributed by atoms with E-state index < -0.39 is 15.8 Å². The normalized spacial score (nSPS) is 19.7. The van der Waals surface area contributed by atoms with Gasteiger partial charge in [-0.25, -0.2) is 17.5 Å². The number of thioether (sulfide) groups is 1. The van der Waals surface area contributed by atoms with Crippen LogP contribution in [0.15, 0.2) is 17.0 Å². The quantitative estimate of drug-likeness (QED) is 0.854. The Morgan fingerprint density at radius 1 is 1.48 bits per heavy atom. The molecule has 0 radical (unpaired) electrons. The van der Waals surface area contributed by atoms with E-state index in [1.165, 1.54) is 6.07 Å². The van der Waals surface area contributed by atoms with Crippen molar-refractivity contribution in [2.24, 2.45) is 0 Å². The molecule has 1 aliphatic rings. The van der Waals surface area contributed by atoms with Crippen molar-refractivity contribution in [1.29, 1.82) is 0 Å². The number of hydrogen-bond acceptors (Lipinski definition) is 4. The monoisotopic (exact) mass is 352 g/mol. The summed E-state index contributed by atoms with van der Waals surface area (Å²) in [4.78, 5) is -0.0785. The van der Waals surface area contributed by atoms with E-state index in [0.717, 1.165) is 30.4 Å². The molecule has 2 rings (SSSR count). The Morgan fingerprint density at radius 3 is 2.86 bits per heavy atom. The molecule has 1 aromatic carbocycles. The van der Waals surface area contributed by atoms with E-state index in [1.807, 2.05) is 0 Å². The highest BCUT2D eigenvalue weighted by Crippen LogP contribution is 2.25. The Bertz CT molecular complexity index is 604. The van der Waals surface area contributed by atoms with E-state index >= 15 is 0 Å². The van der Waals surface area contributed by atoms with Gasteiger partial charge >= 0.3 is 0 Å². The fourth-order valence-corrected chi connectivity index (χ4v) is 4.90. The molecule has 118 valence electrons. The number of rotatable bonds is 5. The topological polar surface area (TPSA) is 58.2 Å². The van der Waals surface area contributed by atoms with Crippen molar-refractivity contribution < 1.29 is 12.8 Å². The molecular weight excluding hydrogens is 335 g/mol. The Morgan fingerprint density at radius 2 is 2.24 bits per heavy atom. The first kappa shape index (κ1) is 17.0. The maximum atomic E-state index is 13.8. The Kier molecular flexibility index (Phi) is 5.90. The van der Waals surface area contributed by atoms with Crippen LogP contribution in [0.5, 0.6) is 0 Å². The average Bonchev–Trinajstić information content (AvgIpc) is 2.44. The van der Waals surface area contributed by atoms with E-state index in [2.05, 4.69) is 10.0 Å². The predicted molar refractivity (Wildman–Crippen MR) is 84.8 cm³/mol. The molecule has 1 heterocycles. The molecule has 0 aromatic heterocycles. The van der Waals surface area contributed by atoms with Crippen LogP contribution in [0.4, 0.5) is 4.39 Å². The molecule has 1 saturated heterocycles. The zero-order valence-corrected chi connectivity index (χ0v) is 14.0. The first-order valence-corrected chi connectivity index (χ1v) is 9.68. The summed E-state index contributed by atoms with van der Waals surface area (Å²) in [5, 5.41) is 2.80. The Balaban J connectivity index is 2.26. The summed E-state index contributed by atoms with van der Waals surface area (Å²) in [5.74, 6) is 1.08. The summed E-state index contributed by atoms with van der Waals surface area (Å²) in [5.41, 5.74) is 0.428. The minimum atomic E-state index is -3.73. The first-order valence-electron chi connectivity index (χ1n) is 6.66. The van der Waals surface area contributed by atoms with Gasteiger partial charge in [0, 0.05) is 18.3 Å². The number of halogens is 2. The molecular formula is C13H18ClFN2O2S2. The minimum Gasteiger partial charge on any atom is -0.316 e. The van der Waals surface area contributed by atoms with Crippen LogP contribution in [0, 0.1) is 5.82 Å². The van der Waals surface area contributed by atoms with Crippen LogP contribution in [-0.4, -0.2) is 33.0 Å². The van der Waals surface area contributed by atoms with Gasteiger partial charge in [0.05, 0.1) is 9.92 Å². The van der Waals surface area contributed by atoms with Gasteiger partial charge in [0.1, 0.15) is 5.82 Å². The second-order valence-electron chi connectivity index (χ2n) is 4.94. The van der Waals surface area contributed by atoms with Crippen molar-refractivity contribution in [2.75, 3.05) is 18.6 Å². The molecule has 0 bridgehead atoms. The molecule has 21 heavy (non-hydrogen) atoms. The standard InChI is InChI=1S/C13H18ClFN2O2S2/c1-16-7-9-5-11(6-12(15)13(9)14)21(18,19)17-10-3-2-4-20-8-10/h5-6,10,16-17H,2-4,7-8H2,1H3. The zero-order chi connectivity index (χ0) is 15.5. The van der Waals surface area contributed by atoms with Gasteiger partial charge in [-0.05, 0) is 43.3 Å². The van der Waals surface area contributed by atoms with Gasteiger partial charge in [-0.1, -0.05) is 11.6 Å². The third kappa shape index (κ3) is 4.32. The van der Waals surface area contributed by atoms with E-state index in [0.29, 0.717) is 12.1 Å². The van der Waals surface area contributed by atoms with Gasteiger partial charge < -0.3 is 5.32 Å². The van der Waals surface area contributed by atoms with Crippen molar-refractivity contribution >= 4 is 33.4 Å². The molecule has 0 spiro atoms. The van der Waals surface area contributed by atoms with Crippen LogP contribution in [0.25, 0.3) is 0 Å². The van der Waals surface area contributed by atoms with Crippen molar-refractivity contribution in [3.05, 3.63) is 28.5 Å². The molecule has 2 N–H and O–H groups in total. The smallest absolute Gasteiger partial charge is 0.240 e. The van der Waals surface area contributed by atoms with Crippen LogP contribution < -0.4 is 10.0 Å². The molecule has 8 heteroatoms. The number of benzene rings is 1. The fourth-order valence-electron chi connectivity index (χ4n) is 2.21. The lowest BCUT2D eigenvalue weighted by Gasteiger charge is -2.22. The van der Waals surface area contributed by atoms with Gasteiger partial charge in [0.2, 0.25) is 10.0 Å². The van der Waals surface area contributed by atoms with Gasteiger partial charge in [0.25, 0.3) is 0 Å². The molecule has 1 aliphatic heterocycles. The van der Waals surface area contributed by atoms with Gasteiger partial charge in [0.15, 0.2) is 0 Å². The van der Waals surface area contributed by atoms with Crippen LogP contribution in [0.2, 0.25) is 5.02 Å². The maximum Gasteiger partial charge on any atom is 0.240 e. The second kappa shape index (κ2) is 7.28. The van der Waals surface area contributed by atoms with Crippen LogP contribution >= 0.6 is 23.4 Å². The van der Waals surface area contributed by atoms with E-state index in [1.54, 1.807) is 18.8 Å². The summed E-state index contributed by atoms with van der Waals surface area (Å²) < 4.78 is 41.2. The fraction of sp³-hybridized carbons (Fsp3) is 0.538. The Hall–Kier alpha value is -0.340. The molecule has 1 aromatic rings. The average molecular weight is 353 g/mol. The second-order valence-corrected chi connectivity index (χ2v) is 8.19. The van der Waals surface area contributed by atoms with Crippen molar-refractivity contribution in [2.45, 2.75) is 30.3 Å². The SMILES string of the molecule is CNCc1cc(S(=O)(=O)NC2CCCSC2)cc(F)c1Cl. The van der Waals surface area contributed by atoms with Gasteiger partial charge in [-0.15, -0.1) is 0 Å². The Labute approximate surface area is 133 Å². The van der Waals surface area contributed by atoms with Crippen molar-refractivity contribution in [3.63, 3.8) is 0 Å². The lowest BCUT2D eigenvalue weighted by Crippen LogP contribution is -2.38. The van der Waals surface area contributed by atoms with Crippen LogP contribution in [0.1, 0.15) is 18.4 Å². The summed E-state index contributed by atoms with van der Waals surface area (Å²) in [6.45, 7) is 0.304. The minimum absolute atomic E-state index is 0.0449. The molecule has 1 fully saturated rings. The number of nitrogens with one attached hydrogen (secondary N) is 2. The molecule has 4 nitrogen and oxygen atoms in total. The summed E-state index contributed by atoms with van der Waals surface area (Å²) in [7, 11) is -2.04. The first-order chi connectivity index (χ1) is 9.94. The highest BCUT2D eigenvalue weighted by atomic mass is 35.5. The summed E-state index contributed by atoms with van der Waals surface area (Å²) in [6, 6.07) is 2.29. The number of hydrogen-bond donors (Lipinski definition) is 2. The molecule has 0 saturated carbocycles. The van der Waals surface area contributed by atoms with E-state index in [-0.39, 0.29) is 16.0 Å². The van der Waals surface area contributed by atoms with Crippen LogP contribution in [-0.2, 0) is 16.6 Å². The van der Waals surface area contributed by atoms with E-state index in [4.69, 9.17) is 11.6 Å². The number of sulfonamides is 1. The summed E-state index contributed by atoms with van der Waals surface area (Å²) >= 11 is 7.58. The predicted octanol–water partition coefficient (Wildman–Crippen LogP) is 2.37. The summed E-state index contributed by atoms with van der Waals surface area (Å²) in [6.07, 6.45) is 1.80. The van der Waals surface area contributed by atoms with Crippen LogP contribution in [0.3, 0.4) is 0 Å². The molecule has 1 unspecified atom stereocenters. The van der Waals surface area contributed by atoms with E-state index in [9.17, 15) is 12.8 Å². The van der Waals surface area contributed by atoms with Gasteiger partial charge in [-0.3, -0.25) is 0 Å². The molecule has 1 atom stereocenters. The van der Waals surface area contributed by atoms with Gasteiger partial charge in [-0.2, -0.15) is 11.8 Å². The lowest BCUT2D eigenvalue weighted by molar-refractivity contribution is 0.541. The maximum absolute atomic E-state index is 13.8. The highest BCUT2D eigenvalue weighted by molar-refractivity contribution is 7.99.